The molecule has 2 N–H and O–H groups in total. The first-order chi connectivity index (χ1) is 14.0. The number of nitrogens with zero attached hydrogens (tertiary/aromatic N) is 3. The molecule has 2 aliphatic heterocycles. The van der Waals surface area contributed by atoms with Crippen molar-refractivity contribution in [3.63, 3.8) is 0 Å². The summed E-state index contributed by atoms with van der Waals surface area (Å²) in [5, 5.41) is 0. The second-order valence-electron chi connectivity index (χ2n) is 7.34. The highest BCUT2D eigenvalue weighted by Gasteiger charge is 2.19. The Morgan fingerprint density at radius 2 is 1.80 bits per heavy atom. The Balaban J connectivity index is 1.86. The van der Waals surface area contributed by atoms with E-state index in [9.17, 15) is 22.8 Å². The molecule has 0 spiro atoms. The first kappa shape index (κ1) is 21.6. The monoisotopic (exact) mass is 433 g/mol. The Labute approximate surface area is 172 Å². The van der Waals surface area contributed by atoms with Gasteiger partial charge in [-0.1, -0.05) is 6.42 Å². The van der Waals surface area contributed by atoms with Crippen molar-refractivity contribution in [3.05, 3.63) is 44.1 Å². The summed E-state index contributed by atoms with van der Waals surface area (Å²) < 4.78 is 25.9. The smallest absolute Gasteiger partial charge is 0.322 e. The van der Waals surface area contributed by atoms with E-state index in [1.165, 1.54) is 0 Å². The highest BCUT2D eigenvalue weighted by atomic mass is 32.2. The minimum absolute atomic E-state index is 0.0938. The minimum Gasteiger partial charge on any atom is -0.322 e. The predicted molar refractivity (Wildman–Crippen MR) is 112 cm³/mol. The number of carbonyl (C=O) groups is 1. The number of benzene rings is 1. The largest absolute Gasteiger partial charge is 0.349 e. The van der Waals surface area contributed by atoms with Crippen LogP contribution in [0.5, 0.6) is 0 Å². The van der Waals surface area contributed by atoms with Gasteiger partial charge in [0, 0.05) is 13.0 Å². The third-order valence-corrected chi connectivity index (χ3v) is 5.41. The molecule has 1 aromatic carbocycles. The van der Waals surface area contributed by atoms with Crippen LogP contribution in [0.3, 0.4) is 0 Å². The molecule has 1 amide bonds. The SMILES string of the molecule is Cc1cc2nc3c(=O)[nH]c(=O)nc-3n(CCCCCC(=O)NS(C)(=O)=O)c2cc1C. The van der Waals surface area contributed by atoms with Crippen molar-refractivity contribution in [2.24, 2.45) is 0 Å². The molecule has 2 aliphatic rings. The fourth-order valence-electron chi connectivity index (χ4n) is 3.27. The molecule has 0 aliphatic carbocycles. The van der Waals surface area contributed by atoms with E-state index in [0.717, 1.165) is 22.9 Å². The molecule has 0 aromatic heterocycles. The van der Waals surface area contributed by atoms with Gasteiger partial charge in [0.15, 0.2) is 11.5 Å². The van der Waals surface area contributed by atoms with Crippen LogP contribution in [0.15, 0.2) is 21.7 Å². The Morgan fingerprint density at radius 3 is 2.50 bits per heavy atom. The third-order valence-electron chi connectivity index (χ3n) is 4.81. The zero-order valence-corrected chi connectivity index (χ0v) is 17.8. The standard InChI is InChI=1S/C19H23N5O5S/c1-11-9-13-14(10-12(11)2)24(17-16(20-13)18(26)22-19(27)21-17)8-6-4-5-7-15(25)23-30(3,28)29/h9-10H,4-8H2,1-3H3,(H,23,25)(H,22,26,27). The maximum Gasteiger partial charge on any atom is 0.349 e. The lowest BCUT2D eigenvalue weighted by atomic mass is 10.1. The first-order valence-corrected chi connectivity index (χ1v) is 11.4. The van der Waals surface area contributed by atoms with Crippen LogP contribution in [0.1, 0.15) is 36.8 Å². The number of aryl methyl sites for hydroxylation is 3. The summed E-state index contributed by atoms with van der Waals surface area (Å²) in [5.41, 5.74) is 2.24. The second-order valence-corrected chi connectivity index (χ2v) is 9.09. The van der Waals surface area contributed by atoms with Crippen molar-refractivity contribution in [2.75, 3.05) is 6.26 Å². The van der Waals surface area contributed by atoms with Crippen LogP contribution < -0.4 is 16.0 Å². The van der Waals surface area contributed by atoms with Crippen LogP contribution in [0.4, 0.5) is 0 Å². The molecule has 0 saturated carbocycles. The van der Waals surface area contributed by atoms with Crippen molar-refractivity contribution in [1.29, 1.82) is 0 Å². The van der Waals surface area contributed by atoms with E-state index in [2.05, 4.69) is 15.0 Å². The molecule has 10 nitrogen and oxygen atoms in total. The Morgan fingerprint density at radius 1 is 1.10 bits per heavy atom. The van der Waals surface area contributed by atoms with Crippen LogP contribution in [0.25, 0.3) is 22.6 Å². The van der Waals surface area contributed by atoms with Gasteiger partial charge in [0.25, 0.3) is 5.56 Å². The fourth-order valence-corrected chi connectivity index (χ4v) is 3.78. The Bertz CT molecular complexity index is 1310. The summed E-state index contributed by atoms with van der Waals surface area (Å²) >= 11 is 0. The molecule has 1 aromatic rings. The summed E-state index contributed by atoms with van der Waals surface area (Å²) in [5.74, 6) is -0.324. The second kappa shape index (κ2) is 8.34. The normalized spacial score (nSPS) is 11.8. The number of aromatic nitrogens is 4. The molecule has 3 rings (SSSR count). The number of aromatic amines is 1. The third kappa shape index (κ3) is 4.90. The van der Waals surface area contributed by atoms with Gasteiger partial charge in [0.1, 0.15) is 0 Å². The number of amides is 1. The number of rotatable bonds is 7. The summed E-state index contributed by atoms with van der Waals surface area (Å²) in [4.78, 5) is 46.1. The lowest BCUT2D eigenvalue weighted by Crippen LogP contribution is -2.29. The average molecular weight is 433 g/mol. The van der Waals surface area contributed by atoms with E-state index in [4.69, 9.17) is 0 Å². The van der Waals surface area contributed by atoms with E-state index in [1.807, 2.05) is 30.7 Å². The van der Waals surface area contributed by atoms with Crippen molar-refractivity contribution in [2.45, 2.75) is 46.1 Å². The lowest BCUT2D eigenvalue weighted by molar-refractivity contribution is -0.119. The van der Waals surface area contributed by atoms with E-state index < -0.39 is 27.2 Å². The Kier molecular flexibility index (Phi) is 6.01. The number of sulfonamides is 1. The molecule has 11 heteroatoms. The molecule has 30 heavy (non-hydrogen) atoms. The number of hydrogen-bond donors (Lipinski definition) is 2. The summed E-state index contributed by atoms with van der Waals surface area (Å²) in [7, 11) is -3.55. The maximum atomic E-state index is 12.2. The Hall–Kier alpha value is -3.08. The van der Waals surface area contributed by atoms with Crippen molar-refractivity contribution >= 4 is 27.0 Å². The molecular formula is C19H23N5O5S. The van der Waals surface area contributed by atoms with Crippen LogP contribution in [0, 0.1) is 13.8 Å². The zero-order chi connectivity index (χ0) is 22.1. The molecule has 0 fully saturated rings. The average Bonchev–Trinajstić information content (AvgIpc) is 2.61. The number of nitrogens with one attached hydrogen (secondary N) is 2. The molecule has 0 radical (unpaired) electrons. The number of carbonyl (C=O) groups excluding carboxylic acids is 1. The van der Waals surface area contributed by atoms with E-state index in [-0.39, 0.29) is 17.9 Å². The van der Waals surface area contributed by atoms with Gasteiger partial charge in [0.05, 0.1) is 17.3 Å². The molecule has 0 atom stereocenters. The van der Waals surface area contributed by atoms with Crippen LogP contribution >= 0.6 is 0 Å². The highest BCUT2D eigenvalue weighted by Crippen LogP contribution is 2.24. The van der Waals surface area contributed by atoms with Gasteiger partial charge in [-0.3, -0.25) is 19.3 Å². The number of H-pyrrole nitrogens is 1. The molecule has 0 saturated heterocycles. The first-order valence-electron chi connectivity index (χ1n) is 9.47. The number of fused-ring (bicyclic) bond motifs is 2. The molecular weight excluding hydrogens is 410 g/mol. The lowest BCUT2D eigenvalue weighted by Gasteiger charge is -2.17. The van der Waals surface area contributed by atoms with E-state index in [0.29, 0.717) is 31.3 Å². The maximum absolute atomic E-state index is 12.2. The van der Waals surface area contributed by atoms with Gasteiger partial charge in [-0.2, -0.15) is 4.98 Å². The predicted octanol–water partition coefficient (Wildman–Crippen LogP) is 0.838. The number of unbranched alkanes of at least 4 members (excludes halogenated alkanes) is 2. The van der Waals surface area contributed by atoms with Crippen molar-refractivity contribution in [1.82, 2.24) is 24.2 Å². The molecule has 2 heterocycles. The minimum atomic E-state index is -3.55. The number of hydrogen-bond acceptors (Lipinski definition) is 7. The van der Waals surface area contributed by atoms with Crippen LogP contribution in [-0.2, 0) is 21.4 Å². The van der Waals surface area contributed by atoms with Crippen molar-refractivity contribution in [3.8, 4) is 11.5 Å². The summed E-state index contributed by atoms with van der Waals surface area (Å²) in [6, 6.07) is 3.84. The van der Waals surface area contributed by atoms with Crippen LogP contribution in [0.2, 0.25) is 0 Å². The summed E-state index contributed by atoms with van der Waals surface area (Å²) in [6.45, 7) is 4.38. The van der Waals surface area contributed by atoms with E-state index in [1.54, 1.807) is 4.57 Å². The quantitative estimate of drug-likeness (QED) is 0.415. The van der Waals surface area contributed by atoms with Crippen molar-refractivity contribution < 1.29 is 13.2 Å². The molecule has 0 bridgehead atoms. The van der Waals surface area contributed by atoms with Gasteiger partial charge in [-0.05, 0) is 49.9 Å². The fraction of sp³-hybridized carbons (Fsp3) is 0.421. The van der Waals surface area contributed by atoms with Gasteiger partial charge in [0.2, 0.25) is 15.9 Å². The van der Waals surface area contributed by atoms with Gasteiger partial charge < -0.3 is 4.57 Å². The summed E-state index contributed by atoms with van der Waals surface area (Å²) in [6.07, 6.45) is 2.82. The van der Waals surface area contributed by atoms with Crippen LogP contribution in [-0.4, -0.2) is 40.1 Å². The zero-order valence-electron chi connectivity index (χ0n) is 17.0. The highest BCUT2D eigenvalue weighted by molar-refractivity contribution is 7.89. The topological polar surface area (TPSA) is 144 Å². The molecule has 160 valence electrons. The molecule has 0 unspecified atom stereocenters. The van der Waals surface area contributed by atoms with Gasteiger partial charge in [-0.15, -0.1) is 0 Å². The van der Waals surface area contributed by atoms with Gasteiger partial charge >= 0.3 is 5.69 Å². The van der Waals surface area contributed by atoms with E-state index >= 15 is 0 Å². The van der Waals surface area contributed by atoms with Gasteiger partial charge in [-0.25, -0.2) is 18.2 Å².